The molecule has 2 aromatic rings. The van der Waals surface area contributed by atoms with E-state index < -0.39 is 0 Å². The summed E-state index contributed by atoms with van der Waals surface area (Å²) >= 11 is 12.4. The smallest absolute Gasteiger partial charge is 0.184 e. The van der Waals surface area contributed by atoms with Crippen LogP contribution >= 0.6 is 23.2 Å². The molecule has 1 atom stereocenters. The van der Waals surface area contributed by atoms with Crippen LogP contribution in [-0.2, 0) is 10.3 Å². The third-order valence-electron chi connectivity index (χ3n) is 3.69. The predicted octanol–water partition coefficient (Wildman–Crippen LogP) is 2.75. The van der Waals surface area contributed by atoms with Crippen molar-refractivity contribution >= 4 is 28.9 Å². The minimum absolute atomic E-state index is 0.308. The Hall–Kier alpha value is -1.37. The molecule has 8 heteroatoms. The maximum Gasteiger partial charge on any atom is 0.184 e. The van der Waals surface area contributed by atoms with Crippen LogP contribution in [0.25, 0.3) is 11.4 Å². The SMILES string of the molecule is CC1(n2nnnc2-c2cc(N)cc(Cl)c2Cl)CCCOC1. The van der Waals surface area contributed by atoms with E-state index in [1.807, 2.05) is 0 Å². The van der Waals surface area contributed by atoms with Crippen molar-refractivity contribution in [3.8, 4) is 11.4 Å². The topological polar surface area (TPSA) is 78.9 Å². The number of nitrogens with zero attached hydrogens (tertiary/aromatic N) is 4. The lowest BCUT2D eigenvalue weighted by Crippen LogP contribution is -2.40. The van der Waals surface area contributed by atoms with Crippen molar-refractivity contribution in [1.29, 1.82) is 0 Å². The van der Waals surface area contributed by atoms with Crippen molar-refractivity contribution in [2.45, 2.75) is 25.3 Å². The lowest BCUT2D eigenvalue weighted by atomic mass is 9.94. The van der Waals surface area contributed by atoms with Crippen LogP contribution in [0.5, 0.6) is 0 Å². The molecule has 1 unspecified atom stereocenters. The molecule has 1 saturated heterocycles. The summed E-state index contributed by atoms with van der Waals surface area (Å²) in [5, 5.41) is 12.8. The van der Waals surface area contributed by atoms with Crippen LogP contribution in [0.4, 0.5) is 5.69 Å². The van der Waals surface area contributed by atoms with Gasteiger partial charge in [0.05, 0.1) is 22.2 Å². The number of tetrazole rings is 1. The van der Waals surface area contributed by atoms with Crippen LogP contribution in [0.3, 0.4) is 0 Å². The number of anilines is 1. The van der Waals surface area contributed by atoms with Crippen molar-refractivity contribution in [2.75, 3.05) is 18.9 Å². The highest BCUT2D eigenvalue weighted by molar-refractivity contribution is 6.43. The minimum atomic E-state index is -0.308. The highest BCUT2D eigenvalue weighted by Crippen LogP contribution is 2.37. The molecule has 6 nitrogen and oxygen atoms in total. The zero-order valence-electron chi connectivity index (χ0n) is 11.5. The molecule has 1 aliphatic rings. The third-order valence-corrected chi connectivity index (χ3v) is 4.49. The first kappa shape index (κ1) is 14.6. The third kappa shape index (κ3) is 2.59. The largest absolute Gasteiger partial charge is 0.399 e. The lowest BCUT2D eigenvalue weighted by molar-refractivity contribution is 0.00348. The molecule has 1 aromatic carbocycles. The molecule has 1 aromatic heterocycles. The number of hydrogen-bond acceptors (Lipinski definition) is 5. The fourth-order valence-corrected chi connectivity index (χ4v) is 3.00. The molecule has 1 aliphatic heterocycles. The lowest BCUT2D eigenvalue weighted by Gasteiger charge is -2.33. The van der Waals surface area contributed by atoms with Gasteiger partial charge in [-0.3, -0.25) is 0 Å². The van der Waals surface area contributed by atoms with Crippen LogP contribution in [0.15, 0.2) is 12.1 Å². The van der Waals surface area contributed by atoms with Crippen molar-refractivity contribution in [2.24, 2.45) is 0 Å². The van der Waals surface area contributed by atoms with Crippen LogP contribution in [0.2, 0.25) is 10.0 Å². The summed E-state index contributed by atoms with van der Waals surface area (Å²) in [6.07, 6.45) is 1.89. The highest BCUT2D eigenvalue weighted by atomic mass is 35.5. The number of nitrogens with two attached hydrogens (primary N) is 1. The molecule has 0 spiro atoms. The van der Waals surface area contributed by atoms with E-state index in [9.17, 15) is 0 Å². The Balaban J connectivity index is 2.11. The molecule has 1 fully saturated rings. The molecular weight excluding hydrogens is 313 g/mol. The number of halogens is 2. The molecular formula is C13H15Cl2N5O. The van der Waals surface area contributed by atoms with Crippen LogP contribution in [-0.4, -0.2) is 33.4 Å². The Morgan fingerprint density at radius 3 is 2.90 bits per heavy atom. The summed E-state index contributed by atoms with van der Waals surface area (Å²) in [5.41, 5.74) is 6.68. The van der Waals surface area contributed by atoms with Crippen LogP contribution in [0, 0.1) is 0 Å². The van der Waals surface area contributed by atoms with E-state index in [1.165, 1.54) is 0 Å². The van der Waals surface area contributed by atoms with Crippen molar-refractivity contribution in [3.05, 3.63) is 22.2 Å². The number of hydrogen-bond donors (Lipinski definition) is 1. The van der Waals surface area contributed by atoms with E-state index in [-0.39, 0.29) is 5.54 Å². The zero-order chi connectivity index (χ0) is 15.0. The van der Waals surface area contributed by atoms with Gasteiger partial charge in [-0.2, -0.15) is 0 Å². The molecule has 0 bridgehead atoms. The molecule has 0 radical (unpaired) electrons. The van der Waals surface area contributed by atoms with Crippen molar-refractivity contribution < 1.29 is 4.74 Å². The predicted molar refractivity (Wildman–Crippen MR) is 81.4 cm³/mol. The minimum Gasteiger partial charge on any atom is -0.399 e. The number of rotatable bonds is 2. The average molecular weight is 328 g/mol. The Morgan fingerprint density at radius 2 is 2.19 bits per heavy atom. The summed E-state index contributed by atoms with van der Waals surface area (Å²) < 4.78 is 7.33. The van der Waals surface area contributed by atoms with E-state index in [4.69, 9.17) is 33.7 Å². The fraction of sp³-hybridized carbons (Fsp3) is 0.462. The van der Waals surface area contributed by atoms with Gasteiger partial charge in [-0.25, -0.2) is 4.68 Å². The Labute approximate surface area is 132 Å². The molecule has 3 rings (SSSR count). The molecule has 0 saturated carbocycles. The van der Waals surface area contributed by atoms with Crippen molar-refractivity contribution in [1.82, 2.24) is 20.2 Å². The summed E-state index contributed by atoms with van der Waals surface area (Å²) in [6, 6.07) is 3.33. The van der Waals surface area contributed by atoms with E-state index in [2.05, 4.69) is 22.4 Å². The van der Waals surface area contributed by atoms with Crippen LogP contribution < -0.4 is 5.73 Å². The quantitative estimate of drug-likeness (QED) is 0.858. The Bertz CT molecular complexity index is 667. The van der Waals surface area contributed by atoms with E-state index >= 15 is 0 Å². The van der Waals surface area contributed by atoms with Gasteiger partial charge >= 0.3 is 0 Å². The summed E-state index contributed by atoms with van der Waals surface area (Å²) in [6.45, 7) is 3.38. The fourth-order valence-electron chi connectivity index (χ4n) is 2.58. The number of nitrogen functional groups attached to an aromatic ring is 1. The second-order valence-corrected chi connectivity index (χ2v) is 6.22. The van der Waals surface area contributed by atoms with Gasteiger partial charge < -0.3 is 10.5 Å². The first-order valence-electron chi connectivity index (χ1n) is 6.63. The molecule has 21 heavy (non-hydrogen) atoms. The molecule has 112 valence electrons. The Kier molecular flexibility index (Phi) is 3.77. The normalized spacial score (nSPS) is 22.4. The van der Waals surface area contributed by atoms with Gasteiger partial charge in [-0.15, -0.1) is 5.10 Å². The number of benzene rings is 1. The standard InChI is InChI=1S/C13H15Cl2N5O/c1-13(3-2-4-21-7-13)20-12(17-18-19-20)9-5-8(16)6-10(14)11(9)15/h5-6H,2-4,7,16H2,1H3. The van der Waals surface area contributed by atoms with Gasteiger partial charge in [-0.1, -0.05) is 23.2 Å². The van der Waals surface area contributed by atoms with E-state index in [1.54, 1.807) is 16.8 Å². The van der Waals surface area contributed by atoms with Gasteiger partial charge in [0.1, 0.15) is 0 Å². The monoisotopic (exact) mass is 327 g/mol. The first-order valence-corrected chi connectivity index (χ1v) is 7.38. The Morgan fingerprint density at radius 1 is 1.38 bits per heavy atom. The molecule has 2 N–H and O–H groups in total. The summed E-state index contributed by atoms with van der Waals surface area (Å²) in [7, 11) is 0. The number of ether oxygens (including phenoxy) is 1. The summed E-state index contributed by atoms with van der Waals surface area (Å²) in [5.74, 6) is 0.544. The zero-order valence-corrected chi connectivity index (χ0v) is 13.0. The van der Waals surface area contributed by atoms with E-state index in [0.29, 0.717) is 33.7 Å². The summed E-state index contributed by atoms with van der Waals surface area (Å²) in [4.78, 5) is 0. The van der Waals surface area contributed by atoms with Crippen LogP contribution in [0.1, 0.15) is 19.8 Å². The van der Waals surface area contributed by atoms with Gasteiger partial charge in [0.2, 0.25) is 0 Å². The maximum absolute atomic E-state index is 6.29. The maximum atomic E-state index is 6.29. The van der Waals surface area contributed by atoms with Gasteiger partial charge in [0.15, 0.2) is 5.82 Å². The molecule has 0 amide bonds. The number of aromatic nitrogens is 4. The average Bonchev–Trinajstić information content (AvgIpc) is 2.93. The van der Waals surface area contributed by atoms with Crippen molar-refractivity contribution in [3.63, 3.8) is 0 Å². The first-order chi connectivity index (χ1) is 10.0. The highest BCUT2D eigenvalue weighted by Gasteiger charge is 2.34. The van der Waals surface area contributed by atoms with E-state index in [0.717, 1.165) is 19.4 Å². The van der Waals surface area contributed by atoms with Gasteiger partial charge in [-0.05, 0) is 42.3 Å². The molecule has 0 aliphatic carbocycles. The second-order valence-electron chi connectivity index (χ2n) is 5.43. The second kappa shape index (κ2) is 5.44. The van der Waals surface area contributed by atoms with Gasteiger partial charge in [0.25, 0.3) is 0 Å². The molecule has 2 heterocycles. The van der Waals surface area contributed by atoms with Gasteiger partial charge in [0, 0.05) is 17.9 Å².